The van der Waals surface area contributed by atoms with Gasteiger partial charge in [-0.2, -0.15) is 0 Å². The van der Waals surface area contributed by atoms with Gasteiger partial charge in [0, 0.05) is 12.0 Å². The van der Waals surface area contributed by atoms with Crippen LogP contribution in [0.5, 0.6) is 0 Å². The molecule has 0 spiro atoms. The molecule has 5 heteroatoms. The summed E-state index contributed by atoms with van der Waals surface area (Å²) in [6.07, 6.45) is 4.22. The summed E-state index contributed by atoms with van der Waals surface area (Å²) in [6, 6.07) is -0.931. The van der Waals surface area contributed by atoms with Crippen molar-refractivity contribution in [3.05, 3.63) is 12.2 Å². The first-order valence-electron chi connectivity index (χ1n) is 6.04. The number of carboxylic acid groups (broad SMARTS) is 1. The lowest BCUT2D eigenvalue weighted by Gasteiger charge is -2.32. The second-order valence-electron chi connectivity index (χ2n) is 5.09. The fourth-order valence-electron chi connectivity index (χ4n) is 1.71. The molecule has 0 saturated heterocycles. The average Bonchev–Trinajstić information content (AvgIpc) is 2.36. The van der Waals surface area contributed by atoms with Gasteiger partial charge in [-0.15, -0.1) is 0 Å². The third-order valence-corrected chi connectivity index (χ3v) is 3.44. The fraction of sp³-hybridized carbons (Fsp3) is 0.615. The Morgan fingerprint density at radius 2 is 1.94 bits per heavy atom. The maximum atomic E-state index is 12.1. The van der Waals surface area contributed by atoms with Crippen LogP contribution in [0.15, 0.2) is 12.2 Å². The number of amides is 1. The maximum absolute atomic E-state index is 12.1. The summed E-state index contributed by atoms with van der Waals surface area (Å²) in [5.74, 6) is -2.29. The zero-order valence-corrected chi connectivity index (χ0v) is 11.0. The van der Waals surface area contributed by atoms with Gasteiger partial charge in [-0.1, -0.05) is 32.9 Å². The van der Waals surface area contributed by atoms with Gasteiger partial charge in [0.25, 0.3) is 5.91 Å². The van der Waals surface area contributed by atoms with Gasteiger partial charge in [0.15, 0.2) is 0 Å². The van der Waals surface area contributed by atoms with Crippen molar-refractivity contribution in [3.63, 3.8) is 0 Å². The van der Waals surface area contributed by atoms with E-state index in [0.29, 0.717) is 6.42 Å². The highest BCUT2D eigenvalue weighted by molar-refractivity contribution is 6.38. The van der Waals surface area contributed by atoms with Crippen LogP contribution in [0.2, 0.25) is 0 Å². The van der Waals surface area contributed by atoms with Crippen molar-refractivity contribution >= 4 is 17.7 Å². The van der Waals surface area contributed by atoms with Gasteiger partial charge in [0.05, 0.1) is 0 Å². The quantitative estimate of drug-likeness (QED) is 0.604. The number of carbonyl (C=O) groups is 3. The van der Waals surface area contributed by atoms with Gasteiger partial charge < -0.3 is 10.0 Å². The van der Waals surface area contributed by atoms with Crippen LogP contribution < -0.4 is 0 Å². The second kappa shape index (κ2) is 5.33. The number of Topliss-reactive ketones (excluding diaryl/α,β-unsaturated/α-hetero) is 1. The SMILES string of the molecule is CCC(C)(C)C(=O)C(=O)N1CC=CC[C@H]1C(=O)O. The Balaban J connectivity index is 2.92. The molecule has 100 valence electrons. The van der Waals surface area contributed by atoms with E-state index in [0.717, 1.165) is 4.90 Å². The summed E-state index contributed by atoms with van der Waals surface area (Å²) in [5.41, 5.74) is -0.749. The molecule has 5 nitrogen and oxygen atoms in total. The van der Waals surface area contributed by atoms with Crippen LogP contribution in [0, 0.1) is 5.41 Å². The Hall–Kier alpha value is -1.65. The van der Waals surface area contributed by atoms with Crippen molar-refractivity contribution in [1.82, 2.24) is 4.90 Å². The van der Waals surface area contributed by atoms with E-state index in [1.54, 1.807) is 26.0 Å². The molecule has 1 atom stereocenters. The maximum Gasteiger partial charge on any atom is 0.326 e. The van der Waals surface area contributed by atoms with Crippen molar-refractivity contribution in [2.75, 3.05) is 6.54 Å². The molecule has 0 saturated carbocycles. The average molecular weight is 253 g/mol. The van der Waals surface area contributed by atoms with Gasteiger partial charge in [0.2, 0.25) is 5.78 Å². The van der Waals surface area contributed by atoms with Gasteiger partial charge >= 0.3 is 5.97 Å². The number of carboxylic acids is 1. The molecule has 0 unspecified atom stereocenters. The lowest BCUT2D eigenvalue weighted by molar-refractivity contribution is -0.156. The number of rotatable bonds is 4. The van der Waals surface area contributed by atoms with E-state index in [9.17, 15) is 14.4 Å². The summed E-state index contributed by atoms with van der Waals surface area (Å²) in [6.45, 7) is 5.41. The molecule has 0 bridgehead atoms. The van der Waals surface area contributed by atoms with Crippen molar-refractivity contribution in [1.29, 1.82) is 0 Å². The zero-order valence-electron chi connectivity index (χ0n) is 11.0. The minimum absolute atomic E-state index is 0.182. The lowest BCUT2D eigenvalue weighted by Crippen LogP contribution is -2.51. The van der Waals surface area contributed by atoms with Crippen molar-refractivity contribution in [3.8, 4) is 0 Å². The zero-order chi connectivity index (χ0) is 13.9. The molecular weight excluding hydrogens is 234 g/mol. The Bertz CT molecular complexity index is 398. The third kappa shape index (κ3) is 2.78. The third-order valence-electron chi connectivity index (χ3n) is 3.44. The first-order valence-corrected chi connectivity index (χ1v) is 6.04. The first-order chi connectivity index (χ1) is 8.31. The monoisotopic (exact) mass is 253 g/mol. The summed E-state index contributed by atoms with van der Waals surface area (Å²) >= 11 is 0. The Morgan fingerprint density at radius 1 is 1.33 bits per heavy atom. The molecule has 0 aromatic carbocycles. The fourth-order valence-corrected chi connectivity index (χ4v) is 1.71. The number of hydrogen-bond donors (Lipinski definition) is 1. The van der Waals surface area contributed by atoms with E-state index in [-0.39, 0.29) is 13.0 Å². The molecule has 1 rings (SSSR count). The molecule has 1 amide bonds. The number of nitrogens with zero attached hydrogens (tertiary/aromatic N) is 1. The summed E-state index contributed by atoms with van der Waals surface area (Å²) in [5, 5.41) is 9.06. The summed E-state index contributed by atoms with van der Waals surface area (Å²) < 4.78 is 0. The topological polar surface area (TPSA) is 74.7 Å². The van der Waals surface area contributed by atoms with E-state index in [1.165, 1.54) is 0 Å². The predicted molar refractivity (Wildman–Crippen MR) is 66.0 cm³/mol. The van der Waals surface area contributed by atoms with Crippen molar-refractivity contribution in [2.45, 2.75) is 39.7 Å². The Kier molecular flexibility index (Phi) is 4.27. The number of aliphatic carboxylic acids is 1. The number of carbonyl (C=O) groups excluding carboxylic acids is 2. The molecule has 1 heterocycles. The molecule has 0 aromatic heterocycles. The normalized spacial score (nSPS) is 19.7. The number of ketones is 1. The first kappa shape index (κ1) is 14.4. The van der Waals surface area contributed by atoms with Gasteiger partial charge in [-0.25, -0.2) is 4.79 Å². The molecule has 0 aliphatic carbocycles. The largest absolute Gasteiger partial charge is 0.480 e. The molecule has 1 N–H and O–H groups in total. The predicted octanol–water partition coefficient (Wildman–Crippen LogP) is 1.23. The van der Waals surface area contributed by atoms with Gasteiger partial charge in [0.1, 0.15) is 6.04 Å². The van der Waals surface area contributed by atoms with Crippen LogP contribution >= 0.6 is 0 Å². The standard InChI is InChI=1S/C13H19NO4/c1-4-13(2,3)10(15)11(16)14-8-6-5-7-9(14)12(17)18/h5-6,9H,4,7-8H2,1-3H3,(H,17,18)/t9-/m0/s1. The van der Waals surface area contributed by atoms with E-state index in [2.05, 4.69) is 0 Å². The Labute approximate surface area is 106 Å². The van der Waals surface area contributed by atoms with E-state index in [4.69, 9.17) is 5.11 Å². The lowest BCUT2D eigenvalue weighted by atomic mass is 9.84. The molecule has 0 radical (unpaired) electrons. The highest BCUT2D eigenvalue weighted by atomic mass is 16.4. The molecular formula is C13H19NO4. The van der Waals surface area contributed by atoms with Crippen LogP contribution in [0.4, 0.5) is 0 Å². The molecule has 0 aromatic rings. The Morgan fingerprint density at radius 3 is 2.44 bits per heavy atom. The highest BCUT2D eigenvalue weighted by Gasteiger charge is 2.38. The molecule has 0 fully saturated rings. The van der Waals surface area contributed by atoms with Crippen LogP contribution in [0.1, 0.15) is 33.6 Å². The van der Waals surface area contributed by atoms with Crippen molar-refractivity contribution in [2.24, 2.45) is 5.41 Å². The van der Waals surface area contributed by atoms with Crippen LogP contribution in [-0.2, 0) is 14.4 Å². The van der Waals surface area contributed by atoms with Crippen LogP contribution in [-0.4, -0.2) is 40.3 Å². The van der Waals surface area contributed by atoms with E-state index >= 15 is 0 Å². The number of hydrogen-bond acceptors (Lipinski definition) is 3. The smallest absolute Gasteiger partial charge is 0.326 e. The summed E-state index contributed by atoms with van der Waals surface area (Å²) in [4.78, 5) is 36.4. The van der Waals surface area contributed by atoms with Crippen LogP contribution in [0.25, 0.3) is 0 Å². The van der Waals surface area contributed by atoms with Crippen LogP contribution in [0.3, 0.4) is 0 Å². The minimum atomic E-state index is -1.07. The van der Waals surface area contributed by atoms with E-state index < -0.39 is 29.1 Å². The molecule has 1 aliphatic heterocycles. The molecule has 18 heavy (non-hydrogen) atoms. The summed E-state index contributed by atoms with van der Waals surface area (Å²) in [7, 11) is 0. The minimum Gasteiger partial charge on any atom is -0.480 e. The highest BCUT2D eigenvalue weighted by Crippen LogP contribution is 2.23. The van der Waals surface area contributed by atoms with E-state index in [1.807, 2.05) is 6.92 Å². The van der Waals surface area contributed by atoms with Crippen molar-refractivity contribution < 1.29 is 19.5 Å². The second-order valence-corrected chi connectivity index (χ2v) is 5.09. The van der Waals surface area contributed by atoms with Gasteiger partial charge in [-0.05, 0) is 12.8 Å². The van der Waals surface area contributed by atoms with Gasteiger partial charge in [-0.3, -0.25) is 9.59 Å². The molecule has 1 aliphatic rings.